The van der Waals surface area contributed by atoms with Crippen LogP contribution in [0.2, 0.25) is 0 Å². The van der Waals surface area contributed by atoms with Gasteiger partial charge in [0.05, 0.1) is 22.9 Å². The normalized spacial score (nSPS) is 28.7. The molecule has 2 aliphatic heterocycles. The third-order valence-electron chi connectivity index (χ3n) is 5.36. The number of amides is 1. The number of sulfone groups is 1. The molecule has 138 valence electrons. The van der Waals surface area contributed by atoms with Crippen molar-refractivity contribution in [1.82, 2.24) is 9.88 Å². The smallest absolute Gasteiger partial charge is 0.227 e. The van der Waals surface area contributed by atoms with Gasteiger partial charge in [-0.15, -0.1) is 0 Å². The maximum atomic E-state index is 12.7. The first-order valence-corrected chi connectivity index (χ1v) is 10.7. The first-order chi connectivity index (χ1) is 11.9. The molecular weight excluding hydrogens is 338 g/mol. The Morgan fingerprint density at radius 3 is 2.88 bits per heavy atom. The zero-order chi connectivity index (χ0) is 18.0. The van der Waals surface area contributed by atoms with E-state index in [-0.39, 0.29) is 23.5 Å². The molecule has 1 amide bonds. The fourth-order valence-electron chi connectivity index (χ4n) is 3.92. The lowest BCUT2D eigenvalue weighted by Gasteiger charge is -2.31. The highest BCUT2D eigenvalue weighted by Crippen LogP contribution is 2.37. The van der Waals surface area contributed by atoms with Gasteiger partial charge < -0.3 is 10.2 Å². The van der Waals surface area contributed by atoms with Gasteiger partial charge in [-0.3, -0.25) is 9.78 Å². The lowest BCUT2D eigenvalue weighted by molar-refractivity contribution is -0.121. The van der Waals surface area contributed by atoms with Crippen LogP contribution in [0.4, 0.5) is 5.69 Å². The number of fused-ring (bicyclic) bond motifs is 1. The van der Waals surface area contributed by atoms with Crippen molar-refractivity contribution in [2.24, 2.45) is 17.8 Å². The van der Waals surface area contributed by atoms with Crippen LogP contribution in [0, 0.1) is 17.8 Å². The molecule has 2 fully saturated rings. The van der Waals surface area contributed by atoms with E-state index in [1.54, 1.807) is 24.5 Å². The molecule has 25 heavy (non-hydrogen) atoms. The number of carbonyl (C=O) groups is 1. The summed E-state index contributed by atoms with van der Waals surface area (Å²) in [6.07, 6.45) is 4.72. The Morgan fingerprint density at radius 1 is 1.40 bits per heavy atom. The lowest BCUT2D eigenvalue weighted by atomic mass is 9.87. The van der Waals surface area contributed by atoms with E-state index >= 15 is 0 Å². The molecule has 7 heteroatoms. The van der Waals surface area contributed by atoms with Gasteiger partial charge in [-0.25, -0.2) is 8.42 Å². The Hall–Kier alpha value is -1.47. The number of nitrogens with one attached hydrogen (secondary N) is 1. The van der Waals surface area contributed by atoms with Crippen LogP contribution in [0.1, 0.15) is 26.7 Å². The largest absolute Gasteiger partial charge is 0.324 e. The van der Waals surface area contributed by atoms with Crippen molar-refractivity contribution in [3.05, 3.63) is 24.5 Å². The van der Waals surface area contributed by atoms with Gasteiger partial charge in [-0.1, -0.05) is 13.8 Å². The first kappa shape index (κ1) is 18.3. The van der Waals surface area contributed by atoms with Crippen molar-refractivity contribution in [2.45, 2.75) is 31.9 Å². The van der Waals surface area contributed by atoms with E-state index in [0.717, 1.165) is 13.0 Å². The summed E-state index contributed by atoms with van der Waals surface area (Å²) >= 11 is 0. The molecule has 0 unspecified atom stereocenters. The monoisotopic (exact) mass is 365 g/mol. The van der Waals surface area contributed by atoms with Gasteiger partial charge in [-0.05, 0) is 37.4 Å². The fourth-order valence-corrected chi connectivity index (χ4v) is 6.06. The summed E-state index contributed by atoms with van der Waals surface area (Å²) in [4.78, 5) is 19.0. The molecule has 1 N–H and O–H groups in total. The molecule has 2 saturated heterocycles. The van der Waals surface area contributed by atoms with Crippen molar-refractivity contribution in [2.75, 3.05) is 30.7 Å². The van der Waals surface area contributed by atoms with Gasteiger partial charge in [0.25, 0.3) is 0 Å². The van der Waals surface area contributed by atoms with Gasteiger partial charge in [0, 0.05) is 31.1 Å². The Balaban J connectivity index is 1.72. The number of hydrogen-bond acceptors (Lipinski definition) is 5. The SMILES string of the molecule is CC(C)CCN1C[C@H]2[C@@H](C1)S(=O)(=O)CC[C@H]2C(=O)Nc1cccnc1. The predicted molar refractivity (Wildman–Crippen MR) is 97.9 cm³/mol. The summed E-state index contributed by atoms with van der Waals surface area (Å²) in [6.45, 7) is 6.50. The first-order valence-electron chi connectivity index (χ1n) is 9.01. The topological polar surface area (TPSA) is 79.4 Å². The number of likely N-dealkylation sites (tertiary alicyclic amines) is 1. The van der Waals surface area contributed by atoms with Crippen LogP contribution in [0.3, 0.4) is 0 Å². The molecule has 0 aromatic carbocycles. The summed E-state index contributed by atoms with van der Waals surface area (Å²) in [7, 11) is -3.11. The second-order valence-corrected chi connectivity index (χ2v) is 9.98. The molecular formula is C18H27N3O3S. The Labute approximate surface area is 149 Å². The van der Waals surface area contributed by atoms with Crippen LogP contribution in [-0.2, 0) is 14.6 Å². The van der Waals surface area contributed by atoms with E-state index in [2.05, 4.69) is 29.0 Å². The van der Waals surface area contributed by atoms with Crippen LogP contribution in [0.25, 0.3) is 0 Å². The van der Waals surface area contributed by atoms with E-state index < -0.39 is 15.1 Å². The number of nitrogens with zero attached hydrogens (tertiary/aromatic N) is 2. The molecule has 3 rings (SSSR count). The molecule has 0 spiro atoms. The molecule has 0 aliphatic carbocycles. The zero-order valence-corrected chi connectivity index (χ0v) is 15.7. The fraction of sp³-hybridized carbons (Fsp3) is 0.667. The number of pyridine rings is 1. The quantitative estimate of drug-likeness (QED) is 0.861. The molecule has 6 nitrogen and oxygen atoms in total. The van der Waals surface area contributed by atoms with Crippen molar-refractivity contribution >= 4 is 21.4 Å². The van der Waals surface area contributed by atoms with Crippen LogP contribution >= 0.6 is 0 Å². The maximum Gasteiger partial charge on any atom is 0.227 e. The van der Waals surface area contributed by atoms with E-state index in [0.29, 0.717) is 31.1 Å². The molecule has 2 aliphatic rings. The van der Waals surface area contributed by atoms with Crippen LogP contribution < -0.4 is 5.32 Å². The van der Waals surface area contributed by atoms with Gasteiger partial charge in [0.15, 0.2) is 9.84 Å². The highest BCUT2D eigenvalue weighted by atomic mass is 32.2. The second kappa shape index (κ2) is 7.41. The zero-order valence-electron chi connectivity index (χ0n) is 14.9. The number of hydrogen-bond donors (Lipinski definition) is 1. The molecule has 3 heterocycles. The summed E-state index contributed by atoms with van der Waals surface area (Å²) < 4.78 is 25.0. The third-order valence-corrected chi connectivity index (χ3v) is 7.59. The molecule has 3 atom stereocenters. The van der Waals surface area contributed by atoms with E-state index in [1.807, 2.05) is 0 Å². The molecule has 0 bridgehead atoms. The minimum atomic E-state index is -3.11. The maximum absolute atomic E-state index is 12.7. The summed E-state index contributed by atoms with van der Waals surface area (Å²) in [6, 6.07) is 3.57. The molecule has 1 aromatic rings. The van der Waals surface area contributed by atoms with Crippen molar-refractivity contribution in [3.63, 3.8) is 0 Å². The van der Waals surface area contributed by atoms with Crippen molar-refractivity contribution in [1.29, 1.82) is 0 Å². The number of carbonyl (C=O) groups excluding carboxylic acids is 1. The van der Waals surface area contributed by atoms with Gasteiger partial charge >= 0.3 is 0 Å². The van der Waals surface area contributed by atoms with Gasteiger partial charge in [-0.2, -0.15) is 0 Å². The summed E-state index contributed by atoms with van der Waals surface area (Å²) in [5.41, 5.74) is 0.659. The van der Waals surface area contributed by atoms with Crippen LogP contribution in [0.5, 0.6) is 0 Å². The second-order valence-electron chi connectivity index (χ2n) is 7.64. The predicted octanol–water partition coefficient (Wildman–Crippen LogP) is 1.80. The Kier molecular flexibility index (Phi) is 5.43. The van der Waals surface area contributed by atoms with Gasteiger partial charge in [0.2, 0.25) is 5.91 Å². The Morgan fingerprint density at radius 2 is 2.20 bits per heavy atom. The highest BCUT2D eigenvalue weighted by molar-refractivity contribution is 7.92. The third kappa shape index (κ3) is 4.20. The minimum absolute atomic E-state index is 0.0800. The average Bonchev–Trinajstić information content (AvgIpc) is 2.99. The van der Waals surface area contributed by atoms with E-state index in [1.165, 1.54) is 0 Å². The number of anilines is 1. The van der Waals surface area contributed by atoms with E-state index in [9.17, 15) is 13.2 Å². The van der Waals surface area contributed by atoms with Crippen LogP contribution in [-0.4, -0.2) is 54.8 Å². The van der Waals surface area contributed by atoms with Crippen molar-refractivity contribution in [3.8, 4) is 0 Å². The van der Waals surface area contributed by atoms with Crippen molar-refractivity contribution < 1.29 is 13.2 Å². The number of rotatable bonds is 5. The molecule has 0 radical (unpaired) electrons. The minimum Gasteiger partial charge on any atom is -0.324 e. The lowest BCUT2D eigenvalue weighted by Crippen LogP contribution is -2.45. The highest BCUT2D eigenvalue weighted by Gasteiger charge is 2.50. The number of aromatic nitrogens is 1. The van der Waals surface area contributed by atoms with E-state index in [4.69, 9.17) is 0 Å². The molecule has 1 aromatic heterocycles. The Bertz CT molecular complexity index is 706. The average molecular weight is 365 g/mol. The van der Waals surface area contributed by atoms with Crippen LogP contribution in [0.15, 0.2) is 24.5 Å². The standard InChI is InChI=1S/C18H27N3O3S/c1-13(2)5-8-21-11-16-15(6-9-25(23,24)17(16)12-21)18(22)20-14-4-3-7-19-10-14/h3-4,7,10,13,15-17H,5-6,8-9,11-12H2,1-2H3,(H,20,22)/t15-,16-,17-/m1/s1. The summed E-state index contributed by atoms with van der Waals surface area (Å²) in [5.74, 6) is 0.255. The summed E-state index contributed by atoms with van der Waals surface area (Å²) in [5, 5.41) is 2.50. The van der Waals surface area contributed by atoms with Gasteiger partial charge in [0.1, 0.15) is 0 Å². The molecule has 0 saturated carbocycles.